The second-order valence-electron chi connectivity index (χ2n) is 5.90. The number of hydrogen-bond acceptors (Lipinski definition) is 6. The fraction of sp³-hybridized carbons (Fsp3) is 0.400. The lowest BCUT2D eigenvalue weighted by molar-refractivity contribution is -0.139. The molecule has 27 heavy (non-hydrogen) atoms. The predicted octanol–water partition coefficient (Wildman–Crippen LogP) is 2.46. The van der Waals surface area contributed by atoms with Crippen LogP contribution in [0, 0.1) is 11.5 Å². The number of fused-ring (bicyclic) bond motifs is 1. The first-order chi connectivity index (χ1) is 12.7. The Hall–Kier alpha value is -2.81. The fourth-order valence-corrected chi connectivity index (χ4v) is 4.87. The maximum Gasteiger partial charge on any atom is 0.417 e. The van der Waals surface area contributed by atoms with E-state index >= 15 is 0 Å². The molecule has 1 aromatic carbocycles. The molecule has 1 N–H and O–H groups in total. The van der Waals surface area contributed by atoms with Crippen LogP contribution in [0.25, 0.3) is 0 Å². The number of hydrogen-bond donors (Lipinski definition) is 1. The number of halogens is 3. The Bertz CT molecular complexity index is 977. The molecule has 3 rings (SSSR count). The number of anilines is 1. The molecular weight excluding hydrogens is 383 g/mol. The summed E-state index contributed by atoms with van der Waals surface area (Å²) >= 11 is 0. The Morgan fingerprint density at radius 3 is 2.81 bits per heavy atom. The molecular formula is C15H14F3N7OS. The highest BCUT2D eigenvalue weighted by Crippen LogP contribution is 2.41. The standard InChI is InChI=1S/C15H14F3N7OS/c1-8-3-4-9-10(13(26)21-14-22-23-24-25(14)2)5-6-11(15(16,17)18)12(9)27(8)20-7-19/h5-6,8H,3-4H2,1-2H3,(H,21,22,24,26). The number of carbonyl (C=O) groups excluding carboxylic acids is 1. The number of aromatic nitrogens is 4. The fourth-order valence-electron chi connectivity index (χ4n) is 2.90. The van der Waals surface area contributed by atoms with Crippen molar-refractivity contribution in [2.24, 2.45) is 11.4 Å². The van der Waals surface area contributed by atoms with E-state index in [1.807, 2.05) is 0 Å². The topological polar surface area (TPSA) is 109 Å². The molecule has 0 saturated heterocycles. The Morgan fingerprint density at radius 2 is 2.22 bits per heavy atom. The van der Waals surface area contributed by atoms with Crippen molar-refractivity contribution in [1.82, 2.24) is 20.2 Å². The number of nitriles is 1. The minimum absolute atomic E-state index is 0.0681. The van der Waals surface area contributed by atoms with Gasteiger partial charge in [0.25, 0.3) is 5.91 Å². The molecule has 0 fully saturated rings. The van der Waals surface area contributed by atoms with Gasteiger partial charge in [0.15, 0.2) is 0 Å². The molecule has 0 bridgehead atoms. The van der Waals surface area contributed by atoms with Crippen LogP contribution in [0.2, 0.25) is 0 Å². The molecule has 1 aliphatic rings. The zero-order valence-electron chi connectivity index (χ0n) is 14.3. The van der Waals surface area contributed by atoms with Crippen LogP contribution in [-0.2, 0) is 30.3 Å². The van der Waals surface area contributed by atoms with Crippen molar-refractivity contribution in [3.05, 3.63) is 28.8 Å². The normalized spacial score (nSPS) is 19.4. The minimum atomic E-state index is -4.61. The smallest absolute Gasteiger partial charge is 0.289 e. The van der Waals surface area contributed by atoms with Crippen molar-refractivity contribution >= 4 is 22.5 Å². The van der Waals surface area contributed by atoms with E-state index in [4.69, 9.17) is 5.26 Å². The second-order valence-corrected chi connectivity index (χ2v) is 7.93. The van der Waals surface area contributed by atoms with Crippen LogP contribution in [0.1, 0.15) is 34.8 Å². The molecule has 0 radical (unpaired) electrons. The molecule has 0 saturated carbocycles. The summed E-state index contributed by atoms with van der Waals surface area (Å²) in [6, 6.07) is 2.01. The average Bonchev–Trinajstić information content (AvgIpc) is 3.00. The Morgan fingerprint density at radius 1 is 1.48 bits per heavy atom. The van der Waals surface area contributed by atoms with Crippen molar-refractivity contribution in [2.75, 3.05) is 5.32 Å². The summed E-state index contributed by atoms with van der Waals surface area (Å²) in [6.07, 6.45) is -2.19. The largest absolute Gasteiger partial charge is 0.417 e. The molecule has 0 aliphatic carbocycles. The van der Waals surface area contributed by atoms with Gasteiger partial charge in [-0.3, -0.25) is 10.1 Å². The van der Waals surface area contributed by atoms with Crippen LogP contribution in [0.15, 0.2) is 21.4 Å². The quantitative estimate of drug-likeness (QED) is 0.783. The molecule has 1 aromatic heterocycles. The lowest BCUT2D eigenvalue weighted by Crippen LogP contribution is -2.27. The van der Waals surface area contributed by atoms with Gasteiger partial charge in [-0.2, -0.15) is 18.4 Å². The number of amides is 1. The number of aryl methyl sites for hydroxylation is 1. The van der Waals surface area contributed by atoms with Crippen molar-refractivity contribution in [1.29, 1.82) is 5.26 Å². The highest BCUT2D eigenvalue weighted by molar-refractivity contribution is 7.88. The van der Waals surface area contributed by atoms with Gasteiger partial charge < -0.3 is 0 Å². The molecule has 2 unspecified atom stereocenters. The van der Waals surface area contributed by atoms with Crippen molar-refractivity contribution in [3.63, 3.8) is 0 Å². The predicted molar refractivity (Wildman–Crippen MR) is 89.7 cm³/mol. The third-order valence-electron chi connectivity index (χ3n) is 4.19. The first kappa shape index (κ1) is 19.0. The van der Waals surface area contributed by atoms with E-state index in [0.29, 0.717) is 6.42 Å². The third-order valence-corrected chi connectivity index (χ3v) is 6.35. The second kappa shape index (κ2) is 7.07. The summed E-state index contributed by atoms with van der Waals surface area (Å²) < 4.78 is 45.6. The number of nitrogens with one attached hydrogen (secondary N) is 1. The van der Waals surface area contributed by atoms with Crippen LogP contribution < -0.4 is 5.32 Å². The molecule has 142 valence electrons. The molecule has 1 aliphatic heterocycles. The van der Waals surface area contributed by atoms with E-state index < -0.39 is 28.3 Å². The van der Waals surface area contributed by atoms with Gasteiger partial charge in [0.05, 0.1) is 5.56 Å². The SMILES string of the molecule is CC1CCc2c(C(=O)Nc3nnnn3C)ccc(C(F)(F)F)c2S1=NC#N. The molecule has 2 atom stereocenters. The molecule has 2 heterocycles. The monoisotopic (exact) mass is 397 g/mol. The number of rotatable bonds is 2. The first-order valence-electron chi connectivity index (χ1n) is 7.83. The summed E-state index contributed by atoms with van der Waals surface area (Å²) in [4.78, 5) is 12.6. The maximum atomic E-state index is 13.6. The minimum Gasteiger partial charge on any atom is -0.289 e. The lowest BCUT2D eigenvalue weighted by atomic mass is 9.97. The van der Waals surface area contributed by atoms with Gasteiger partial charge in [0, 0.05) is 22.8 Å². The summed E-state index contributed by atoms with van der Waals surface area (Å²) in [6.45, 7) is 1.75. The van der Waals surface area contributed by atoms with Crippen molar-refractivity contribution in [2.45, 2.75) is 36.1 Å². The van der Waals surface area contributed by atoms with Gasteiger partial charge in [0.1, 0.15) is 0 Å². The van der Waals surface area contributed by atoms with Crippen molar-refractivity contribution in [3.8, 4) is 6.19 Å². The van der Waals surface area contributed by atoms with Gasteiger partial charge >= 0.3 is 6.18 Å². The third kappa shape index (κ3) is 3.55. The summed E-state index contributed by atoms with van der Waals surface area (Å²) in [7, 11) is 0.243. The van der Waals surface area contributed by atoms with Crippen LogP contribution >= 0.6 is 0 Å². The van der Waals surface area contributed by atoms with Gasteiger partial charge in [-0.05, 0) is 51.7 Å². The number of nitrogens with zero attached hydrogens (tertiary/aromatic N) is 6. The lowest BCUT2D eigenvalue weighted by Gasteiger charge is -2.28. The van der Waals surface area contributed by atoms with Crippen LogP contribution in [-0.4, -0.2) is 31.4 Å². The number of tetrazole rings is 1. The summed E-state index contributed by atoms with van der Waals surface area (Å²) in [5.41, 5.74) is -0.500. The van der Waals surface area contributed by atoms with Gasteiger partial charge in [-0.1, -0.05) is 12.0 Å². The Kier molecular flexibility index (Phi) is 4.97. The van der Waals surface area contributed by atoms with E-state index in [0.717, 1.165) is 12.1 Å². The molecule has 8 nitrogen and oxygen atoms in total. The van der Waals surface area contributed by atoms with Gasteiger partial charge in [0.2, 0.25) is 12.1 Å². The van der Waals surface area contributed by atoms with E-state index in [1.54, 1.807) is 13.1 Å². The molecule has 2 aromatic rings. The summed E-state index contributed by atoms with van der Waals surface area (Å²) in [5, 5.41) is 21.8. The van der Waals surface area contributed by atoms with Gasteiger partial charge in [-0.25, -0.2) is 4.68 Å². The highest BCUT2D eigenvalue weighted by atomic mass is 32.2. The van der Waals surface area contributed by atoms with E-state index in [2.05, 4.69) is 25.2 Å². The Labute approximate surface area is 154 Å². The van der Waals surface area contributed by atoms with E-state index in [1.165, 1.54) is 11.7 Å². The Balaban J connectivity index is 2.16. The van der Waals surface area contributed by atoms with Crippen molar-refractivity contribution < 1.29 is 18.0 Å². The molecule has 12 heteroatoms. The van der Waals surface area contributed by atoms with E-state index in [9.17, 15) is 18.0 Å². The maximum absolute atomic E-state index is 13.6. The summed E-state index contributed by atoms with van der Waals surface area (Å²) in [5.74, 6) is -0.550. The average molecular weight is 397 g/mol. The zero-order valence-corrected chi connectivity index (χ0v) is 15.1. The van der Waals surface area contributed by atoms with Crippen LogP contribution in [0.5, 0.6) is 0 Å². The number of carbonyl (C=O) groups is 1. The zero-order chi connectivity index (χ0) is 19.8. The molecule has 0 spiro atoms. The molecule has 1 amide bonds. The number of alkyl halides is 3. The van der Waals surface area contributed by atoms with E-state index in [-0.39, 0.29) is 33.6 Å². The van der Waals surface area contributed by atoms with Crippen LogP contribution in [0.4, 0.5) is 19.1 Å². The first-order valence-corrected chi connectivity index (χ1v) is 9.08. The van der Waals surface area contributed by atoms with Crippen LogP contribution in [0.3, 0.4) is 0 Å². The van der Waals surface area contributed by atoms with Gasteiger partial charge in [-0.15, -0.1) is 4.36 Å². The number of benzene rings is 1. The highest BCUT2D eigenvalue weighted by Gasteiger charge is 2.39.